The number of para-hydroxylation sites is 1. The highest BCUT2D eigenvalue weighted by Crippen LogP contribution is 2.38. The van der Waals surface area contributed by atoms with Crippen molar-refractivity contribution in [2.45, 2.75) is 65.8 Å². The highest BCUT2D eigenvalue weighted by molar-refractivity contribution is 5.79. The molecule has 0 atom stereocenters. The molecule has 0 bridgehead atoms. The normalized spacial score (nSPS) is 16.5. The standard InChI is InChI=1S/C24H37N5O/c1-4-25-23(27-18-24(15-16-30)13-9-6-10-14-24)26-17-22-19(2)28-29(20(22)3)21-11-7-5-8-12-21/h5,7-8,11-12,30H,4,6,9-10,13-18H2,1-3H3,(H2,25,26,27). The molecule has 3 N–H and O–H groups in total. The third-order valence-corrected chi connectivity index (χ3v) is 6.37. The lowest BCUT2D eigenvalue weighted by atomic mass is 9.72. The van der Waals surface area contributed by atoms with Gasteiger partial charge in [0.05, 0.1) is 17.9 Å². The van der Waals surface area contributed by atoms with Gasteiger partial charge in [0.25, 0.3) is 0 Å². The summed E-state index contributed by atoms with van der Waals surface area (Å²) in [5.41, 5.74) is 4.57. The van der Waals surface area contributed by atoms with Crippen LogP contribution in [0.4, 0.5) is 0 Å². The third-order valence-electron chi connectivity index (χ3n) is 6.37. The number of aliphatic hydroxyl groups excluding tert-OH is 1. The van der Waals surface area contributed by atoms with E-state index in [4.69, 9.17) is 10.1 Å². The number of hydrogen-bond acceptors (Lipinski definition) is 3. The van der Waals surface area contributed by atoms with Gasteiger partial charge in [0.1, 0.15) is 0 Å². The summed E-state index contributed by atoms with van der Waals surface area (Å²) in [6.45, 7) is 8.78. The number of nitrogens with one attached hydrogen (secondary N) is 2. The molecule has 30 heavy (non-hydrogen) atoms. The van der Waals surface area contributed by atoms with Crippen molar-refractivity contribution in [1.29, 1.82) is 0 Å². The molecule has 1 aliphatic carbocycles. The molecular formula is C24H37N5O. The first kappa shape index (κ1) is 22.3. The van der Waals surface area contributed by atoms with Gasteiger partial charge in [-0.25, -0.2) is 9.67 Å². The second-order valence-corrected chi connectivity index (χ2v) is 8.48. The van der Waals surface area contributed by atoms with Crippen molar-refractivity contribution in [3.8, 4) is 5.69 Å². The summed E-state index contributed by atoms with van der Waals surface area (Å²) in [7, 11) is 0. The molecule has 1 fully saturated rings. The van der Waals surface area contributed by atoms with Gasteiger partial charge in [-0.1, -0.05) is 37.5 Å². The summed E-state index contributed by atoms with van der Waals surface area (Å²) >= 11 is 0. The quantitative estimate of drug-likeness (QED) is 0.455. The number of guanidine groups is 1. The van der Waals surface area contributed by atoms with Crippen molar-refractivity contribution in [3.05, 3.63) is 47.3 Å². The lowest BCUT2D eigenvalue weighted by Crippen LogP contribution is -2.45. The van der Waals surface area contributed by atoms with Gasteiger partial charge in [-0.15, -0.1) is 0 Å². The minimum atomic E-state index is 0.188. The van der Waals surface area contributed by atoms with E-state index in [1.807, 2.05) is 22.9 Å². The largest absolute Gasteiger partial charge is 0.396 e. The molecule has 0 saturated heterocycles. The second kappa shape index (κ2) is 10.6. The van der Waals surface area contributed by atoms with Crippen molar-refractivity contribution < 1.29 is 5.11 Å². The van der Waals surface area contributed by atoms with Crippen LogP contribution in [0.25, 0.3) is 5.69 Å². The van der Waals surface area contributed by atoms with Crippen molar-refractivity contribution in [2.24, 2.45) is 10.4 Å². The molecule has 6 heteroatoms. The maximum atomic E-state index is 9.58. The van der Waals surface area contributed by atoms with Crippen LogP contribution in [-0.4, -0.2) is 40.5 Å². The molecule has 1 heterocycles. The van der Waals surface area contributed by atoms with Gasteiger partial charge >= 0.3 is 0 Å². The Bertz CT molecular complexity index is 816. The van der Waals surface area contributed by atoms with Crippen LogP contribution in [0, 0.1) is 19.3 Å². The Morgan fingerprint density at radius 2 is 1.87 bits per heavy atom. The summed E-state index contributed by atoms with van der Waals surface area (Å²) in [5.74, 6) is 0.839. The van der Waals surface area contributed by atoms with E-state index in [0.717, 1.165) is 42.5 Å². The number of aliphatic imine (C=N–C) groups is 1. The van der Waals surface area contributed by atoms with Crippen LogP contribution in [-0.2, 0) is 6.54 Å². The molecule has 1 aromatic carbocycles. The van der Waals surface area contributed by atoms with Gasteiger partial charge in [-0.2, -0.15) is 5.10 Å². The molecule has 0 unspecified atom stereocenters. The van der Waals surface area contributed by atoms with Crippen molar-refractivity contribution in [1.82, 2.24) is 20.4 Å². The van der Waals surface area contributed by atoms with E-state index in [-0.39, 0.29) is 12.0 Å². The van der Waals surface area contributed by atoms with Crippen LogP contribution < -0.4 is 10.6 Å². The van der Waals surface area contributed by atoms with Crippen LogP contribution in [0.3, 0.4) is 0 Å². The van der Waals surface area contributed by atoms with Crippen molar-refractivity contribution in [2.75, 3.05) is 19.7 Å². The van der Waals surface area contributed by atoms with E-state index in [1.165, 1.54) is 37.7 Å². The first-order chi connectivity index (χ1) is 14.6. The maximum absolute atomic E-state index is 9.58. The lowest BCUT2D eigenvalue weighted by molar-refractivity contribution is 0.131. The number of hydrogen-bond donors (Lipinski definition) is 3. The Morgan fingerprint density at radius 3 is 2.53 bits per heavy atom. The van der Waals surface area contributed by atoms with Crippen molar-refractivity contribution >= 4 is 5.96 Å². The molecule has 0 amide bonds. The molecule has 1 aliphatic rings. The van der Waals surface area contributed by atoms with Gasteiger partial charge in [-0.3, -0.25) is 0 Å². The minimum absolute atomic E-state index is 0.188. The van der Waals surface area contributed by atoms with Crippen LogP contribution in [0.15, 0.2) is 35.3 Å². The predicted octanol–water partition coefficient (Wildman–Crippen LogP) is 3.88. The summed E-state index contributed by atoms with van der Waals surface area (Å²) in [4.78, 5) is 4.87. The van der Waals surface area contributed by atoms with Gasteiger partial charge in [-0.05, 0) is 57.6 Å². The number of aryl methyl sites for hydroxylation is 1. The topological polar surface area (TPSA) is 74.5 Å². The van der Waals surface area contributed by atoms with E-state index >= 15 is 0 Å². The number of nitrogens with zero attached hydrogens (tertiary/aromatic N) is 3. The predicted molar refractivity (Wildman–Crippen MR) is 123 cm³/mol. The number of aliphatic hydroxyl groups is 1. The van der Waals surface area contributed by atoms with E-state index in [1.54, 1.807) is 0 Å². The van der Waals surface area contributed by atoms with Crippen LogP contribution in [0.2, 0.25) is 0 Å². The summed E-state index contributed by atoms with van der Waals surface area (Å²) in [6.07, 6.45) is 7.05. The van der Waals surface area contributed by atoms with Gasteiger partial charge < -0.3 is 15.7 Å². The van der Waals surface area contributed by atoms with Gasteiger partial charge in [0.15, 0.2) is 5.96 Å². The maximum Gasteiger partial charge on any atom is 0.191 e. The van der Waals surface area contributed by atoms with E-state index < -0.39 is 0 Å². The van der Waals surface area contributed by atoms with Gasteiger partial charge in [0, 0.05) is 31.0 Å². The Hall–Kier alpha value is -2.34. The van der Waals surface area contributed by atoms with E-state index in [0.29, 0.717) is 6.54 Å². The molecule has 0 aliphatic heterocycles. The Morgan fingerprint density at radius 1 is 1.13 bits per heavy atom. The molecule has 2 aromatic rings. The summed E-state index contributed by atoms with van der Waals surface area (Å²) in [6, 6.07) is 10.2. The Labute approximate surface area is 180 Å². The lowest BCUT2D eigenvalue weighted by Gasteiger charge is -2.37. The highest BCUT2D eigenvalue weighted by atomic mass is 16.3. The fraction of sp³-hybridized carbons (Fsp3) is 0.583. The molecule has 0 spiro atoms. The fourth-order valence-electron chi connectivity index (χ4n) is 4.55. The van der Waals surface area contributed by atoms with Crippen LogP contribution >= 0.6 is 0 Å². The molecular weight excluding hydrogens is 374 g/mol. The third kappa shape index (κ3) is 5.42. The molecule has 6 nitrogen and oxygen atoms in total. The summed E-state index contributed by atoms with van der Waals surface area (Å²) < 4.78 is 2.00. The second-order valence-electron chi connectivity index (χ2n) is 8.48. The van der Waals surface area contributed by atoms with E-state index in [2.05, 4.69) is 43.5 Å². The van der Waals surface area contributed by atoms with Crippen LogP contribution in [0.1, 0.15) is 62.4 Å². The zero-order valence-electron chi connectivity index (χ0n) is 18.7. The van der Waals surface area contributed by atoms with E-state index in [9.17, 15) is 5.11 Å². The molecule has 1 saturated carbocycles. The zero-order chi connectivity index (χ0) is 21.4. The number of rotatable bonds is 8. The molecule has 0 radical (unpaired) electrons. The number of benzene rings is 1. The van der Waals surface area contributed by atoms with Crippen molar-refractivity contribution in [3.63, 3.8) is 0 Å². The summed E-state index contributed by atoms with van der Waals surface area (Å²) in [5, 5.41) is 21.3. The number of aromatic nitrogens is 2. The molecule has 3 rings (SSSR count). The smallest absolute Gasteiger partial charge is 0.191 e. The van der Waals surface area contributed by atoms with Gasteiger partial charge in [0.2, 0.25) is 0 Å². The first-order valence-electron chi connectivity index (χ1n) is 11.3. The average molecular weight is 412 g/mol. The highest BCUT2D eigenvalue weighted by Gasteiger charge is 2.31. The molecule has 1 aromatic heterocycles. The Balaban J connectivity index is 1.72. The average Bonchev–Trinajstić information content (AvgIpc) is 3.05. The zero-order valence-corrected chi connectivity index (χ0v) is 18.7. The fourth-order valence-corrected chi connectivity index (χ4v) is 4.55. The monoisotopic (exact) mass is 411 g/mol. The first-order valence-corrected chi connectivity index (χ1v) is 11.3. The molecule has 164 valence electrons. The van der Waals surface area contributed by atoms with Crippen LogP contribution in [0.5, 0.6) is 0 Å². The minimum Gasteiger partial charge on any atom is -0.396 e. The SMILES string of the molecule is CCNC(=NCc1c(C)nn(-c2ccccc2)c1C)NCC1(CCO)CCCCC1. The Kier molecular flexibility index (Phi) is 7.91.